The molecule has 156 valence electrons. The largest absolute Gasteiger partial charge is 0.489 e. The molecule has 0 spiro atoms. The van der Waals surface area contributed by atoms with Crippen molar-refractivity contribution in [3.05, 3.63) is 102 Å². The van der Waals surface area contributed by atoms with Crippen LogP contribution in [0, 0.1) is 0 Å². The highest BCUT2D eigenvalue weighted by molar-refractivity contribution is 5.94. The predicted octanol–water partition coefficient (Wildman–Crippen LogP) is 4.07. The smallest absolute Gasteiger partial charge is 0.254 e. The quantitative estimate of drug-likeness (QED) is 0.457. The van der Waals surface area contributed by atoms with E-state index < -0.39 is 0 Å². The Morgan fingerprint density at radius 1 is 1.06 bits per heavy atom. The fourth-order valence-corrected chi connectivity index (χ4v) is 3.19. The number of carbonyl (C=O) groups is 1. The van der Waals surface area contributed by atoms with E-state index in [0.717, 1.165) is 16.8 Å². The van der Waals surface area contributed by atoms with Crippen molar-refractivity contribution in [2.75, 3.05) is 7.05 Å². The molecule has 1 unspecified atom stereocenters. The van der Waals surface area contributed by atoms with Crippen molar-refractivity contribution in [2.24, 2.45) is 0 Å². The van der Waals surface area contributed by atoms with E-state index in [1.807, 2.05) is 62.5 Å². The Labute approximate surface area is 181 Å². The number of amides is 1. The van der Waals surface area contributed by atoms with Gasteiger partial charge in [0.2, 0.25) is 0 Å². The van der Waals surface area contributed by atoms with Crippen LogP contribution in [0.2, 0.25) is 0 Å². The Morgan fingerprint density at radius 2 is 1.84 bits per heavy atom. The van der Waals surface area contributed by atoms with Gasteiger partial charge in [-0.1, -0.05) is 18.2 Å². The van der Waals surface area contributed by atoms with Crippen LogP contribution in [-0.2, 0) is 6.61 Å². The summed E-state index contributed by atoms with van der Waals surface area (Å²) in [6, 6.07) is 18.9. The Kier molecular flexibility index (Phi) is 6.03. The standard InChI is InChI=1S/C24H23N5O2/c1-18(20-5-9-22(10-6-20)29-17-26-16-27-29)28(2)24(30)21-7-11-23(12-8-21)31-15-19-4-3-13-25-14-19/h3-14,16-18H,15H2,1-2H3. The third-order valence-electron chi connectivity index (χ3n) is 5.19. The first-order valence-electron chi connectivity index (χ1n) is 9.96. The molecule has 0 bridgehead atoms. The molecule has 0 saturated heterocycles. The summed E-state index contributed by atoms with van der Waals surface area (Å²) >= 11 is 0. The lowest BCUT2D eigenvalue weighted by Gasteiger charge is -2.25. The molecule has 2 aromatic carbocycles. The number of hydrogen-bond acceptors (Lipinski definition) is 5. The molecule has 4 aromatic rings. The highest BCUT2D eigenvalue weighted by Gasteiger charge is 2.19. The van der Waals surface area contributed by atoms with Gasteiger partial charge in [0.05, 0.1) is 11.7 Å². The summed E-state index contributed by atoms with van der Waals surface area (Å²) in [5, 5.41) is 4.13. The van der Waals surface area contributed by atoms with Crippen LogP contribution in [0.1, 0.15) is 34.5 Å². The molecule has 0 aliphatic heterocycles. The second-order valence-electron chi connectivity index (χ2n) is 7.20. The minimum Gasteiger partial charge on any atom is -0.489 e. The molecule has 0 radical (unpaired) electrons. The highest BCUT2D eigenvalue weighted by atomic mass is 16.5. The molecule has 0 fully saturated rings. The SMILES string of the molecule is CC(c1ccc(-n2cncn2)cc1)N(C)C(=O)c1ccc(OCc2cccnc2)cc1. The van der Waals surface area contributed by atoms with Crippen LogP contribution in [-0.4, -0.2) is 37.6 Å². The maximum Gasteiger partial charge on any atom is 0.254 e. The summed E-state index contributed by atoms with van der Waals surface area (Å²) < 4.78 is 7.47. The fraction of sp³-hybridized carbons (Fsp3) is 0.167. The number of nitrogens with zero attached hydrogens (tertiary/aromatic N) is 5. The Balaban J connectivity index is 1.38. The molecule has 7 nitrogen and oxygen atoms in total. The Hall–Kier alpha value is -4.00. The van der Waals surface area contributed by atoms with Crippen molar-refractivity contribution in [1.82, 2.24) is 24.6 Å². The third kappa shape index (κ3) is 4.78. The van der Waals surface area contributed by atoms with Gasteiger partial charge in [-0.05, 0) is 55.0 Å². The van der Waals surface area contributed by atoms with Gasteiger partial charge >= 0.3 is 0 Å². The molecule has 4 rings (SSSR count). The van der Waals surface area contributed by atoms with E-state index in [4.69, 9.17) is 4.74 Å². The van der Waals surface area contributed by atoms with Crippen molar-refractivity contribution >= 4 is 5.91 Å². The molecule has 1 atom stereocenters. The molecule has 0 aliphatic rings. The van der Waals surface area contributed by atoms with Gasteiger partial charge < -0.3 is 9.64 Å². The Bertz CT molecular complexity index is 1110. The lowest BCUT2D eigenvalue weighted by atomic mass is 10.1. The van der Waals surface area contributed by atoms with Gasteiger partial charge in [-0.25, -0.2) is 9.67 Å². The third-order valence-corrected chi connectivity index (χ3v) is 5.19. The Morgan fingerprint density at radius 3 is 2.48 bits per heavy atom. The molecule has 0 aliphatic carbocycles. The van der Waals surface area contributed by atoms with Crippen molar-refractivity contribution < 1.29 is 9.53 Å². The van der Waals surface area contributed by atoms with Crippen LogP contribution in [0.3, 0.4) is 0 Å². The van der Waals surface area contributed by atoms with E-state index in [1.165, 1.54) is 6.33 Å². The first-order valence-corrected chi connectivity index (χ1v) is 9.96. The van der Waals surface area contributed by atoms with Crippen LogP contribution in [0.4, 0.5) is 0 Å². The fourth-order valence-electron chi connectivity index (χ4n) is 3.19. The summed E-state index contributed by atoms with van der Waals surface area (Å²) in [5.41, 5.74) is 3.56. The van der Waals surface area contributed by atoms with E-state index >= 15 is 0 Å². The zero-order chi connectivity index (χ0) is 21.6. The first-order chi connectivity index (χ1) is 15.1. The summed E-state index contributed by atoms with van der Waals surface area (Å²) in [6.45, 7) is 2.44. The van der Waals surface area contributed by atoms with Gasteiger partial charge in [-0.3, -0.25) is 9.78 Å². The van der Waals surface area contributed by atoms with E-state index in [9.17, 15) is 4.79 Å². The number of ether oxygens (including phenoxy) is 1. The molecular formula is C24H23N5O2. The number of carbonyl (C=O) groups excluding carboxylic acids is 1. The number of rotatable bonds is 7. The van der Waals surface area contributed by atoms with Gasteiger partial charge in [0.25, 0.3) is 5.91 Å². The van der Waals surface area contributed by atoms with E-state index in [2.05, 4.69) is 15.1 Å². The average molecular weight is 413 g/mol. The molecule has 31 heavy (non-hydrogen) atoms. The summed E-state index contributed by atoms with van der Waals surface area (Å²) in [4.78, 5) is 22.7. The van der Waals surface area contributed by atoms with Crippen LogP contribution >= 0.6 is 0 Å². The van der Waals surface area contributed by atoms with Gasteiger partial charge in [0.15, 0.2) is 0 Å². The zero-order valence-corrected chi connectivity index (χ0v) is 17.4. The van der Waals surface area contributed by atoms with Crippen molar-refractivity contribution in [1.29, 1.82) is 0 Å². The van der Waals surface area contributed by atoms with Crippen molar-refractivity contribution in [2.45, 2.75) is 19.6 Å². The van der Waals surface area contributed by atoms with Crippen molar-refractivity contribution in [3.8, 4) is 11.4 Å². The van der Waals surface area contributed by atoms with Crippen LogP contribution in [0.25, 0.3) is 5.69 Å². The zero-order valence-electron chi connectivity index (χ0n) is 17.4. The monoisotopic (exact) mass is 413 g/mol. The second kappa shape index (κ2) is 9.21. The number of pyridine rings is 1. The van der Waals surface area contributed by atoms with Crippen molar-refractivity contribution in [3.63, 3.8) is 0 Å². The second-order valence-corrected chi connectivity index (χ2v) is 7.20. The number of hydrogen-bond donors (Lipinski definition) is 0. The van der Waals surface area contributed by atoms with Gasteiger partial charge in [0.1, 0.15) is 25.0 Å². The normalized spacial score (nSPS) is 11.7. The summed E-state index contributed by atoms with van der Waals surface area (Å²) in [6.07, 6.45) is 6.65. The molecular weight excluding hydrogens is 390 g/mol. The minimum absolute atomic E-state index is 0.0494. The lowest BCUT2D eigenvalue weighted by Crippen LogP contribution is -2.29. The van der Waals surface area contributed by atoms with E-state index in [-0.39, 0.29) is 11.9 Å². The summed E-state index contributed by atoms with van der Waals surface area (Å²) in [7, 11) is 1.81. The topological polar surface area (TPSA) is 73.1 Å². The molecule has 1 amide bonds. The average Bonchev–Trinajstić information content (AvgIpc) is 3.37. The van der Waals surface area contributed by atoms with E-state index in [0.29, 0.717) is 17.9 Å². The maximum absolute atomic E-state index is 13.0. The molecule has 7 heteroatoms. The van der Waals surface area contributed by atoms with Crippen LogP contribution < -0.4 is 4.74 Å². The first kappa shape index (κ1) is 20.3. The highest BCUT2D eigenvalue weighted by Crippen LogP contribution is 2.23. The molecule has 2 heterocycles. The maximum atomic E-state index is 13.0. The van der Waals surface area contributed by atoms with Gasteiger partial charge in [-0.15, -0.1) is 0 Å². The minimum atomic E-state index is -0.0844. The van der Waals surface area contributed by atoms with Crippen LogP contribution in [0.15, 0.2) is 85.7 Å². The van der Waals surface area contributed by atoms with Gasteiger partial charge in [0, 0.05) is 30.6 Å². The van der Waals surface area contributed by atoms with Crippen LogP contribution in [0.5, 0.6) is 5.75 Å². The molecule has 0 saturated carbocycles. The summed E-state index contributed by atoms with van der Waals surface area (Å²) in [5.74, 6) is 0.659. The number of benzene rings is 2. The molecule has 0 N–H and O–H groups in total. The lowest BCUT2D eigenvalue weighted by molar-refractivity contribution is 0.0742. The van der Waals surface area contributed by atoms with Gasteiger partial charge in [-0.2, -0.15) is 5.10 Å². The van der Waals surface area contributed by atoms with E-state index in [1.54, 1.807) is 40.4 Å². The number of aromatic nitrogens is 4. The molecule has 2 aromatic heterocycles. The predicted molar refractivity (Wildman–Crippen MR) is 117 cm³/mol.